The highest BCUT2D eigenvalue weighted by atomic mass is 16.2. The molecule has 0 spiro atoms. The highest BCUT2D eigenvalue weighted by Gasteiger charge is 2.16. The lowest BCUT2D eigenvalue weighted by molar-refractivity contribution is 0.256. The van der Waals surface area contributed by atoms with Crippen molar-refractivity contribution < 1.29 is 4.79 Å². The molecule has 0 fully saturated rings. The summed E-state index contributed by atoms with van der Waals surface area (Å²) in [6, 6.07) is 30.3. The van der Waals surface area contributed by atoms with Crippen LogP contribution in [0.4, 0.5) is 16.2 Å². The fourth-order valence-electron chi connectivity index (χ4n) is 4.12. The molecule has 6 aromatic rings. The summed E-state index contributed by atoms with van der Waals surface area (Å²) in [4.78, 5) is 29.7. The van der Waals surface area contributed by atoms with Crippen molar-refractivity contribution in [3.63, 3.8) is 0 Å². The average molecular weight is 444 g/mol. The van der Waals surface area contributed by atoms with E-state index in [0.717, 1.165) is 44.8 Å². The first-order valence-electron chi connectivity index (χ1n) is 10.9. The Morgan fingerprint density at radius 2 is 1.03 bits per heavy atom. The van der Waals surface area contributed by atoms with E-state index < -0.39 is 6.03 Å². The van der Waals surface area contributed by atoms with Crippen LogP contribution < -0.4 is 10.6 Å². The number of hydrogen-bond acceptors (Lipinski definition) is 3. The van der Waals surface area contributed by atoms with Crippen LogP contribution in [-0.2, 0) is 0 Å². The van der Waals surface area contributed by atoms with E-state index >= 15 is 0 Å². The van der Waals surface area contributed by atoms with Crippen LogP contribution in [0.2, 0.25) is 0 Å². The molecule has 0 unspecified atom stereocenters. The van der Waals surface area contributed by atoms with Crippen LogP contribution >= 0.6 is 0 Å². The van der Waals surface area contributed by atoms with Crippen molar-refractivity contribution in [1.82, 2.24) is 19.9 Å². The topological polar surface area (TPSA) is 104 Å². The molecule has 0 aliphatic heterocycles. The molecular formula is C27H20N6O. The maximum Gasteiger partial charge on any atom is 0.323 e. The van der Waals surface area contributed by atoms with Crippen LogP contribution in [0.25, 0.3) is 44.8 Å². The number of nitrogens with two attached hydrogens (primary N) is 1. The standard InChI is InChI=1S/C27H20N6O/c28-27(34)33(19-13-9-17(10-14-19)25-29-21-5-1-2-6-22(21)30-25)20-15-11-18(12-16-20)26-31-23-7-3-4-8-24(23)32-26/h1-16H,(H2,28,34)(H,29,30)(H,31,32). The smallest absolute Gasteiger partial charge is 0.323 e. The van der Waals surface area contributed by atoms with Crippen molar-refractivity contribution in [1.29, 1.82) is 0 Å². The van der Waals surface area contributed by atoms with E-state index in [9.17, 15) is 4.79 Å². The second-order valence-electron chi connectivity index (χ2n) is 7.97. The zero-order chi connectivity index (χ0) is 23.1. The van der Waals surface area contributed by atoms with Crippen molar-refractivity contribution >= 4 is 39.5 Å². The van der Waals surface area contributed by atoms with Gasteiger partial charge in [-0.15, -0.1) is 0 Å². The van der Waals surface area contributed by atoms with Gasteiger partial charge in [-0.1, -0.05) is 24.3 Å². The minimum absolute atomic E-state index is 0.562. The van der Waals surface area contributed by atoms with E-state index in [0.29, 0.717) is 11.4 Å². The van der Waals surface area contributed by atoms with Crippen LogP contribution in [0.3, 0.4) is 0 Å². The molecule has 0 aliphatic carbocycles. The second-order valence-corrected chi connectivity index (χ2v) is 7.97. The van der Waals surface area contributed by atoms with Crippen molar-refractivity contribution in [2.24, 2.45) is 5.73 Å². The number of benzene rings is 4. The molecule has 0 radical (unpaired) electrons. The Bertz CT molecular complexity index is 1450. The highest BCUT2D eigenvalue weighted by molar-refractivity contribution is 5.99. The summed E-state index contributed by atoms with van der Waals surface area (Å²) < 4.78 is 0. The number of imidazole rings is 2. The van der Waals surface area contributed by atoms with Crippen LogP contribution in [0.15, 0.2) is 97.1 Å². The number of fused-ring (bicyclic) bond motifs is 2. The van der Waals surface area contributed by atoms with E-state index in [1.54, 1.807) is 0 Å². The monoisotopic (exact) mass is 444 g/mol. The summed E-state index contributed by atoms with van der Waals surface area (Å²) in [7, 11) is 0. The lowest BCUT2D eigenvalue weighted by Gasteiger charge is -2.21. The molecule has 6 rings (SSSR count). The molecule has 7 nitrogen and oxygen atoms in total. The van der Waals surface area contributed by atoms with Crippen LogP contribution in [0.1, 0.15) is 0 Å². The van der Waals surface area contributed by atoms with E-state index in [1.165, 1.54) is 4.90 Å². The van der Waals surface area contributed by atoms with E-state index in [2.05, 4.69) is 19.9 Å². The lowest BCUT2D eigenvalue weighted by Crippen LogP contribution is -2.31. The first-order valence-corrected chi connectivity index (χ1v) is 10.9. The molecule has 0 aliphatic rings. The first-order chi connectivity index (χ1) is 16.7. The number of amides is 2. The maximum atomic E-state index is 12.4. The van der Waals surface area contributed by atoms with Gasteiger partial charge in [-0.2, -0.15) is 0 Å². The molecule has 2 heterocycles. The van der Waals surface area contributed by atoms with Gasteiger partial charge in [0.05, 0.1) is 33.4 Å². The Labute approximate surface area is 194 Å². The normalized spacial score (nSPS) is 11.2. The third-order valence-corrected chi connectivity index (χ3v) is 5.80. The van der Waals surface area contributed by atoms with Crippen molar-refractivity contribution in [3.8, 4) is 22.8 Å². The Hall–Kier alpha value is -4.91. The molecule has 2 aromatic heterocycles. The van der Waals surface area contributed by atoms with Gasteiger partial charge >= 0.3 is 6.03 Å². The zero-order valence-electron chi connectivity index (χ0n) is 18.1. The summed E-state index contributed by atoms with van der Waals surface area (Å²) in [6.45, 7) is 0. The summed E-state index contributed by atoms with van der Waals surface area (Å²) in [5, 5.41) is 0. The summed E-state index contributed by atoms with van der Waals surface area (Å²) in [5.74, 6) is 1.54. The predicted octanol–water partition coefficient (Wildman–Crippen LogP) is 5.99. The fourth-order valence-corrected chi connectivity index (χ4v) is 4.12. The fraction of sp³-hybridized carbons (Fsp3) is 0. The maximum absolute atomic E-state index is 12.4. The third-order valence-electron chi connectivity index (χ3n) is 5.80. The van der Waals surface area contributed by atoms with Crippen molar-refractivity contribution in [3.05, 3.63) is 97.1 Å². The molecular weight excluding hydrogens is 424 g/mol. The lowest BCUT2D eigenvalue weighted by atomic mass is 10.1. The minimum atomic E-state index is -0.562. The molecule has 4 aromatic carbocycles. The molecule has 164 valence electrons. The molecule has 0 saturated heterocycles. The van der Waals surface area contributed by atoms with Crippen LogP contribution in [-0.4, -0.2) is 26.0 Å². The number of nitrogens with one attached hydrogen (secondary N) is 2. The number of carbonyl (C=O) groups excluding carboxylic acids is 1. The largest absolute Gasteiger partial charge is 0.351 e. The number of hydrogen-bond donors (Lipinski definition) is 3. The molecule has 2 amide bonds. The number of para-hydroxylation sites is 4. The number of anilines is 2. The Kier molecular flexibility index (Phi) is 4.59. The molecule has 7 heteroatoms. The second kappa shape index (κ2) is 7.90. The SMILES string of the molecule is NC(=O)N(c1ccc(-c2nc3ccccc3[nH]2)cc1)c1ccc(-c2nc3ccccc3[nH]2)cc1. The Morgan fingerprint density at radius 3 is 1.41 bits per heavy atom. The number of aromatic nitrogens is 4. The highest BCUT2D eigenvalue weighted by Crippen LogP contribution is 2.30. The first kappa shape index (κ1) is 19.8. The van der Waals surface area contributed by atoms with Gasteiger partial charge in [0.2, 0.25) is 0 Å². The van der Waals surface area contributed by atoms with Crippen LogP contribution in [0.5, 0.6) is 0 Å². The molecule has 0 bridgehead atoms. The van der Waals surface area contributed by atoms with Gasteiger partial charge in [-0.05, 0) is 72.8 Å². The third kappa shape index (κ3) is 3.45. The van der Waals surface area contributed by atoms with Gasteiger partial charge in [0.25, 0.3) is 0 Å². The van der Waals surface area contributed by atoms with Gasteiger partial charge in [0.15, 0.2) is 0 Å². The van der Waals surface area contributed by atoms with Gasteiger partial charge in [0.1, 0.15) is 11.6 Å². The zero-order valence-corrected chi connectivity index (χ0v) is 18.1. The summed E-state index contributed by atoms with van der Waals surface area (Å²) >= 11 is 0. The van der Waals surface area contributed by atoms with Crippen LogP contribution in [0, 0.1) is 0 Å². The van der Waals surface area contributed by atoms with E-state index in [1.807, 2.05) is 97.1 Å². The number of urea groups is 1. The number of primary amides is 1. The summed E-state index contributed by atoms with van der Waals surface area (Å²) in [5.41, 5.74) is 12.7. The van der Waals surface area contributed by atoms with E-state index in [-0.39, 0.29) is 0 Å². The Balaban J connectivity index is 1.29. The number of H-pyrrole nitrogens is 2. The Morgan fingerprint density at radius 1 is 0.618 bits per heavy atom. The molecule has 0 saturated carbocycles. The van der Waals surface area contributed by atoms with Gasteiger partial charge in [0, 0.05) is 11.1 Å². The number of nitrogens with zero attached hydrogens (tertiary/aromatic N) is 3. The predicted molar refractivity (Wildman–Crippen MR) is 135 cm³/mol. The van der Waals surface area contributed by atoms with Gasteiger partial charge < -0.3 is 15.7 Å². The molecule has 34 heavy (non-hydrogen) atoms. The number of carbonyl (C=O) groups is 1. The van der Waals surface area contributed by atoms with Gasteiger partial charge in [-0.3, -0.25) is 4.90 Å². The summed E-state index contributed by atoms with van der Waals surface area (Å²) in [6.07, 6.45) is 0. The van der Waals surface area contributed by atoms with Crippen molar-refractivity contribution in [2.45, 2.75) is 0 Å². The molecule has 0 atom stereocenters. The van der Waals surface area contributed by atoms with Gasteiger partial charge in [-0.25, -0.2) is 14.8 Å². The number of aromatic amines is 2. The van der Waals surface area contributed by atoms with E-state index in [4.69, 9.17) is 5.73 Å². The minimum Gasteiger partial charge on any atom is -0.351 e. The molecule has 4 N–H and O–H groups in total. The average Bonchev–Trinajstić information content (AvgIpc) is 3.49. The number of rotatable bonds is 4. The quantitative estimate of drug-likeness (QED) is 0.311. The van der Waals surface area contributed by atoms with Crippen molar-refractivity contribution in [2.75, 3.05) is 4.90 Å².